The number of hydrogen-bond donors (Lipinski definition) is 2. The van der Waals surface area contributed by atoms with E-state index in [1.165, 1.54) is 0 Å². The van der Waals surface area contributed by atoms with Crippen LogP contribution in [-0.4, -0.2) is 15.2 Å². The minimum absolute atomic E-state index is 0.249. The molecule has 17 heavy (non-hydrogen) atoms. The molecule has 1 aromatic carbocycles. The zero-order chi connectivity index (χ0) is 12.4. The number of anilines is 2. The summed E-state index contributed by atoms with van der Waals surface area (Å²) in [5.74, 6) is 0.249. The Morgan fingerprint density at radius 1 is 1.24 bits per heavy atom. The first-order valence-corrected chi connectivity index (χ1v) is 5.47. The van der Waals surface area contributed by atoms with Gasteiger partial charge in [-0.15, -0.1) is 10.2 Å². The van der Waals surface area contributed by atoms with E-state index in [0.29, 0.717) is 21.4 Å². The van der Waals surface area contributed by atoms with Crippen LogP contribution in [0.2, 0.25) is 10.0 Å². The van der Waals surface area contributed by atoms with Crippen molar-refractivity contribution in [1.29, 1.82) is 0 Å². The van der Waals surface area contributed by atoms with Crippen molar-refractivity contribution in [3.8, 4) is 0 Å². The van der Waals surface area contributed by atoms with Crippen LogP contribution in [0.15, 0.2) is 23.0 Å². The molecule has 0 saturated heterocycles. The van der Waals surface area contributed by atoms with Crippen molar-refractivity contribution in [2.75, 3.05) is 5.32 Å². The molecule has 0 bridgehead atoms. The summed E-state index contributed by atoms with van der Waals surface area (Å²) in [6.07, 6.45) is 0. The van der Waals surface area contributed by atoms with Gasteiger partial charge >= 0.3 is 0 Å². The van der Waals surface area contributed by atoms with Crippen molar-refractivity contribution in [2.45, 2.75) is 6.92 Å². The standard InChI is InChI=1S/C10H8Cl2N4O/c1-5-9(17)14-10(16-15-5)13-6-2-3-7(11)8(12)4-6/h2-4H,1H3,(H2,13,14,16,17). The van der Waals surface area contributed by atoms with Crippen molar-refractivity contribution >= 4 is 34.8 Å². The van der Waals surface area contributed by atoms with Gasteiger partial charge in [-0.1, -0.05) is 23.2 Å². The average Bonchev–Trinajstić information content (AvgIpc) is 2.29. The molecule has 0 saturated carbocycles. The van der Waals surface area contributed by atoms with E-state index >= 15 is 0 Å². The van der Waals surface area contributed by atoms with Gasteiger partial charge in [0.15, 0.2) is 0 Å². The Kier molecular flexibility index (Phi) is 3.31. The van der Waals surface area contributed by atoms with Crippen LogP contribution in [0.3, 0.4) is 0 Å². The SMILES string of the molecule is Cc1nnc(Nc2ccc(Cl)c(Cl)c2)[nH]c1=O. The van der Waals surface area contributed by atoms with Gasteiger partial charge in [0.1, 0.15) is 5.69 Å². The highest BCUT2D eigenvalue weighted by molar-refractivity contribution is 6.42. The van der Waals surface area contributed by atoms with Crippen molar-refractivity contribution < 1.29 is 0 Å². The molecule has 1 heterocycles. The summed E-state index contributed by atoms with van der Waals surface area (Å²) in [4.78, 5) is 13.8. The second kappa shape index (κ2) is 4.73. The lowest BCUT2D eigenvalue weighted by Crippen LogP contribution is -2.15. The van der Waals surface area contributed by atoms with E-state index in [1.807, 2.05) is 0 Å². The summed E-state index contributed by atoms with van der Waals surface area (Å²) < 4.78 is 0. The van der Waals surface area contributed by atoms with E-state index in [-0.39, 0.29) is 11.5 Å². The molecule has 0 aliphatic heterocycles. The maximum absolute atomic E-state index is 11.3. The molecule has 7 heteroatoms. The van der Waals surface area contributed by atoms with E-state index in [4.69, 9.17) is 23.2 Å². The van der Waals surface area contributed by atoms with Crippen LogP contribution >= 0.6 is 23.2 Å². The summed E-state index contributed by atoms with van der Waals surface area (Å²) in [5.41, 5.74) is 0.681. The van der Waals surface area contributed by atoms with Crippen LogP contribution in [-0.2, 0) is 0 Å². The fraction of sp³-hybridized carbons (Fsp3) is 0.100. The molecule has 0 spiro atoms. The van der Waals surface area contributed by atoms with Gasteiger partial charge in [-0.3, -0.25) is 9.78 Å². The van der Waals surface area contributed by atoms with E-state index in [9.17, 15) is 4.79 Å². The highest BCUT2D eigenvalue weighted by atomic mass is 35.5. The van der Waals surface area contributed by atoms with Crippen molar-refractivity contribution in [3.63, 3.8) is 0 Å². The number of aromatic amines is 1. The topological polar surface area (TPSA) is 70.7 Å². The Morgan fingerprint density at radius 2 is 2.00 bits per heavy atom. The number of hydrogen-bond acceptors (Lipinski definition) is 4. The van der Waals surface area contributed by atoms with Crippen LogP contribution in [0.1, 0.15) is 5.69 Å². The van der Waals surface area contributed by atoms with E-state index < -0.39 is 0 Å². The summed E-state index contributed by atoms with van der Waals surface area (Å²) >= 11 is 11.6. The van der Waals surface area contributed by atoms with Crippen molar-refractivity contribution in [3.05, 3.63) is 44.3 Å². The third-order valence-corrected chi connectivity index (χ3v) is 2.78. The number of aryl methyl sites for hydroxylation is 1. The normalized spacial score (nSPS) is 10.3. The minimum atomic E-state index is -0.289. The summed E-state index contributed by atoms with van der Waals surface area (Å²) in [6.45, 7) is 1.58. The Hall–Kier alpha value is -1.59. The Bertz CT molecular complexity index is 611. The fourth-order valence-corrected chi connectivity index (χ4v) is 1.46. The van der Waals surface area contributed by atoms with Gasteiger partial charge in [-0.05, 0) is 25.1 Å². The summed E-state index contributed by atoms with van der Waals surface area (Å²) in [5, 5.41) is 11.2. The van der Waals surface area contributed by atoms with Gasteiger partial charge < -0.3 is 5.32 Å². The molecule has 0 aliphatic rings. The summed E-state index contributed by atoms with van der Waals surface area (Å²) in [7, 11) is 0. The lowest BCUT2D eigenvalue weighted by Gasteiger charge is -2.05. The molecular formula is C10H8Cl2N4O. The third kappa shape index (κ3) is 2.75. The predicted molar refractivity (Wildman–Crippen MR) is 67.1 cm³/mol. The smallest absolute Gasteiger partial charge is 0.273 e. The molecular weight excluding hydrogens is 263 g/mol. The largest absolute Gasteiger partial charge is 0.324 e. The first-order valence-electron chi connectivity index (χ1n) is 4.72. The molecule has 0 aliphatic carbocycles. The number of nitrogens with one attached hydrogen (secondary N) is 2. The molecule has 0 unspecified atom stereocenters. The zero-order valence-electron chi connectivity index (χ0n) is 8.79. The second-order valence-corrected chi connectivity index (χ2v) is 4.16. The molecule has 0 radical (unpaired) electrons. The number of aromatic nitrogens is 3. The lowest BCUT2D eigenvalue weighted by molar-refractivity contribution is 0.908. The molecule has 88 valence electrons. The third-order valence-electron chi connectivity index (χ3n) is 2.04. The highest BCUT2D eigenvalue weighted by Gasteiger charge is 2.03. The van der Waals surface area contributed by atoms with Crippen LogP contribution in [0.5, 0.6) is 0 Å². The van der Waals surface area contributed by atoms with Gasteiger partial charge in [0.05, 0.1) is 10.0 Å². The highest BCUT2D eigenvalue weighted by Crippen LogP contribution is 2.25. The lowest BCUT2D eigenvalue weighted by atomic mass is 10.3. The van der Waals surface area contributed by atoms with E-state index in [0.717, 1.165) is 0 Å². The van der Waals surface area contributed by atoms with Crippen LogP contribution in [0, 0.1) is 6.92 Å². The maximum atomic E-state index is 11.3. The van der Waals surface area contributed by atoms with Gasteiger partial charge in [-0.25, -0.2) is 0 Å². The predicted octanol–water partition coefficient (Wildman–Crippen LogP) is 2.52. The maximum Gasteiger partial charge on any atom is 0.273 e. The van der Waals surface area contributed by atoms with Gasteiger partial charge in [0.2, 0.25) is 5.95 Å². The van der Waals surface area contributed by atoms with Gasteiger partial charge in [-0.2, -0.15) is 0 Å². The Morgan fingerprint density at radius 3 is 2.65 bits per heavy atom. The summed E-state index contributed by atoms with van der Waals surface area (Å²) in [6, 6.07) is 4.99. The molecule has 0 atom stereocenters. The molecule has 2 N–H and O–H groups in total. The number of halogens is 2. The molecule has 0 amide bonds. The second-order valence-electron chi connectivity index (χ2n) is 3.34. The number of benzene rings is 1. The first-order chi connectivity index (χ1) is 8.06. The average molecular weight is 271 g/mol. The van der Waals surface area contributed by atoms with Crippen LogP contribution in [0.25, 0.3) is 0 Å². The quantitative estimate of drug-likeness (QED) is 0.880. The number of rotatable bonds is 2. The van der Waals surface area contributed by atoms with Gasteiger partial charge in [0.25, 0.3) is 5.56 Å². The van der Waals surface area contributed by atoms with Crippen molar-refractivity contribution in [2.24, 2.45) is 0 Å². The zero-order valence-corrected chi connectivity index (χ0v) is 10.3. The Labute approximate surface area is 107 Å². The van der Waals surface area contributed by atoms with Gasteiger partial charge in [0, 0.05) is 5.69 Å². The van der Waals surface area contributed by atoms with Crippen molar-refractivity contribution in [1.82, 2.24) is 15.2 Å². The minimum Gasteiger partial charge on any atom is -0.324 e. The Balaban J connectivity index is 2.28. The molecule has 2 rings (SSSR count). The van der Waals surface area contributed by atoms with Crippen LogP contribution in [0.4, 0.5) is 11.6 Å². The van der Waals surface area contributed by atoms with E-state index in [2.05, 4.69) is 20.5 Å². The molecule has 0 fully saturated rings. The molecule has 1 aromatic heterocycles. The number of nitrogens with zero attached hydrogens (tertiary/aromatic N) is 2. The fourth-order valence-electron chi connectivity index (χ4n) is 1.16. The first kappa shape index (κ1) is 11.9. The molecule has 2 aromatic rings. The monoisotopic (exact) mass is 270 g/mol. The van der Waals surface area contributed by atoms with E-state index in [1.54, 1.807) is 25.1 Å². The van der Waals surface area contributed by atoms with Crippen LogP contribution < -0.4 is 10.9 Å². The molecule has 5 nitrogen and oxygen atoms in total. The number of H-pyrrole nitrogens is 1.